The molecule has 6 nitrogen and oxygen atoms in total. The van der Waals surface area contributed by atoms with Crippen LogP contribution in [0.5, 0.6) is 11.5 Å². The number of nitrogens with one attached hydrogen (secondary N) is 1. The van der Waals surface area contributed by atoms with Gasteiger partial charge in [-0.05, 0) is 30.5 Å². The summed E-state index contributed by atoms with van der Waals surface area (Å²) in [6, 6.07) is 5.42. The number of carboxylic acids is 1. The summed E-state index contributed by atoms with van der Waals surface area (Å²) in [5.41, 5.74) is 0.859. The Morgan fingerprint density at radius 1 is 1.20 bits per heavy atom. The van der Waals surface area contributed by atoms with E-state index >= 15 is 0 Å². The molecule has 1 heterocycles. The largest absolute Gasteiger partial charge is 0.481 e. The monoisotopic (exact) mass is 279 g/mol. The number of benzene rings is 1. The zero-order chi connectivity index (χ0) is 14.4. The molecule has 0 atom stereocenters. The molecule has 1 amide bonds. The molecule has 1 aromatic carbocycles. The molecule has 20 heavy (non-hydrogen) atoms. The molecule has 6 heteroatoms. The molecule has 0 spiro atoms. The van der Waals surface area contributed by atoms with Crippen molar-refractivity contribution in [3.63, 3.8) is 0 Å². The molecule has 1 aliphatic heterocycles. The Morgan fingerprint density at radius 3 is 2.80 bits per heavy atom. The summed E-state index contributed by atoms with van der Waals surface area (Å²) in [6.07, 6.45) is 1.65. The Balaban J connectivity index is 1.70. The van der Waals surface area contributed by atoms with Gasteiger partial charge in [0.15, 0.2) is 11.5 Å². The maximum absolute atomic E-state index is 11.7. The fourth-order valence-corrected chi connectivity index (χ4v) is 1.93. The van der Waals surface area contributed by atoms with Crippen molar-refractivity contribution in [3.8, 4) is 11.5 Å². The lowest BCUT2D eigenvalue weighted by molar-refractivity contribution is -0.137. The maximum atomic E-state index is 11.7. The van der Waals surface area contributed by atoms with Crippen molar-refractivity contribution in [2.45, 2.75) is 25.7 Å². The summed E-state index contributed by atoms with van der Waals surface area (Å²) in [6.45, 7) is 0.714. The summed E-state index contributed by atoms with van der Waals surface area (Å²) >= 11 is 0. The highest BCUT2D eigenvalue weighted by molar-refractivity contribution is 5.78. The lowest BCUT2D eigenvalue weighted by Gasteiger charge is -2.05. The second-order valence-electron chi connectivity index (χ2n) is 4.57. The number of carboxylic acid groups (broad SMARTS) is 1. The first-order chi connectivity index (χ1) is 9.65. The van der Waals surface area contributed by atoms with Gasteiger partial charge in [0, 0.05) is 13.0 Å². The molecule has 2 rings (SSSR count). The Morgan fingerprint density at radius 2 is 2.00 bits per heavy atom. The van der Waals surface area contributed by atoms with Crippen LogP contribution in [-0.4, -0.2) is 30.3 Å². The summed E-state index contributed by atoms with van der Waals surface area (Å²) < 4.78 is 10.4. The van der Waals surface area contributed by atoms with Crippen LogP contribution in [0.2, 0.25) is 0 Å². The molecule has 0 aliphatic carbocycles. The number of ether oxygens (including phenoxy) is 2. The molecule has 0 radical (unpaired) electrons. The Kier molecular flexibility index (Phi) is 4.81. The molecule has 0 bridgehead atoms. The number of hydrogen-bond donors (Lipinski definition) is 2. The molecule has 1 aromatic rings. The first kappa shape index (κ1) is 14.2. The van der Waals surface area contributed by atoms with Crippen LogP contribution in [-0.2, 0) is 16.0 Å². The van der Waals surface area contributed by atoms with Gasteiger partial charge in [-0.1, -0.05) is 6.07 Å². The van der Waals surface area contributed by atoms with Crippen molar-refractivity contribution in [1.29, 1.82) is 0 Å². The summed E-state index contributed by atoms with van der Waals surface area (Å²) in [4.78, 5) is 22.0. The number of amides is 1. The lowest BCUT2D eigenvalue weighted by Crippen LogP contribution is -2.26. The summed E-state index contributed by atoms with van der Waals surface area (Å²) in [5.74, 6) is 0.468. The molecule has 0 saturated carbocycles. The highest BCUT2D eigenvalue weighted by atomic mass is 16.7. The minimum Gasteiger partial charge on any atom is -0.481 e. The van der Waals surface area contributed by atoms with E-state index in [2.05, 4.69) is 5.32 Å². The van der Waals surface area contributed by atoms with E-state index < -0.39 is 5.97 Å². The average molecular weight is 279 g/mol. The van der Waals surface area contributed by atoms with Gasteiger partial charge < -0.3 is 19.9 Å². The molecule has 0 aromatic heterocycles. The van der Waals surface area contributed by atoms with E-state index in [0.29, 0.717) is 30.9 Å². The van der Waals surface area contributed by atoms with E-state index in [0.717, 1.165) is 5.56 Å². The first-order valence-corrected chi connectivity index (χ1v) is 6.52. The van der Waals surface area contributed by atoms with E-state index in [4.69, 9.17) is 14.6 Å². The molecule has 2 N–H and O–H groups in total. The van der Waals surface area contributed by atoms with Gasteiger partial charge in [-0.25, -0.2) is 0 Å². The smallest absolute Gasteiger partial charge is 0.303 e. The Hall–Kier alpha value is -2.24. The minimum atomic E-state index is -0.809. The van der Waals surface area contributed by atoms with Crippen LogP contribution < -0.4 is 14.8 Å². The second-order valence-corrected chi connectivity index (χ2v) is 4.57. The zero-order valence-electron chi connectivity index (χ0n) is 11.1. The van der Waals surface area contributed by atoms with E-state index in [1.54, 1.807) is 12.1 Å². The third kappa shape index (κ3) is 4.15. The normalized spacial score (nSPS) is 12.2. The number of carbonyl (C=O) groups is 2. The van der Waals surface area contributed by atoms with Crippen LogP contribution in [0.1, 0.15) is 24.8 Å². The highest BCUT2D eigenvalue weighted by Gasteiger charge is 2.14. The Bertz CT molecular complexity index is 500. The van der Waals surface area contributed by atoms with Crippen molar-refractivity contribution >= 4 is 11.9 Å². The van der Waals surface area contributed by atoms with Gasteiger partial charge in [0.1, 0.15) is 0 Å². The van der Waals surface area contributed by atoms with Crippen molar-refractivity contribution in [2.75, 3.05) is 13.3 Å². The van der Waals surface area contributed by atoms with Gasteiger partial charge >= 0.3 is 5.97 Å². The van der Waals surface area contributed by atoms with Crippen LogP contribution in [0.25, 0.3) is 0 Å². The second kappa shape index (κ2) is 6.79. The van der Waals surface area contributed by atoms with Crippen LogP contribution in [0.4, 0.5) is 0 Å². The van der Waals surface area contributed by atoms with Crippen molar-refractivity contribution < 1.29 is 24.2 Å². The van der Waals surface area contributed by atoms with Gasteiger partial charge in [-0.15, -0.1) is 0 Å². The fraction of sp³-hybridized carbons (Fsp3) is 0.429. The van der Waals surface area contributed by atoms with Gasteiger partial charge in [-0.3, -0.25) is 9.59 Å². The SMILES string of the molecule is O=C(O)CCCCNC(=O)Cc1ccc2c(c1)OCO2. The van der Waals surface area contributed by atoms with Crippen LogP contribution in [0, 0.1) is 0 Å². The van der Waals surface area contributed by atoms with Crippen LogP contribution in [0.15, 0.2) is 18.2 Å². The van der Waals surface area contributed by atoms with Gasteiger partial charge in [0.05, 0.1) is 6.42 Å². The number of rotatable bonds is 7. The Labute approximate surface area is 116 Å². The summed E-state index contributed by atoms with van der Waals surface area (Å²) in [5, 5.41) is 11.3. The summed E-state index contributed by atoms with van der Waals surface area (Å²) in [7, 11) is 0. The quantitative estimate of drug-likeness (QED) is 0.735. The fourth-order valence-electron chi connectivity index (χ4n) is 1.93. The number of aliphatic carboxylic acids is 1. The van der Waals surface area contributed by atoms with E-state index in [1.165, 1.54) is 0 Å². The van der Waals surface area contributed by atoms with Crippen molar-refractivity contribution in [1.82, 2.24) is 5.32 Å². The van der Waals surface area contributed by atoms with Crippen molar-refractivity contribution in [2.24, 2.45) is 0 Å². The van der Waals surface area contributed by atoms with E-state index in [9.17, 15) is 9.59 Å². The predicted molar refractivity (Wildman–Crippen MR) is 70.8 cm³/mol. The van der Waals surface area contributed by atoms with Gasteiger partial charge in [0.2, 0.25) is 12.7 Å². The molecule has 0 saturated heterocycles. The highest BCUT2D eigenvalue weighted by Crippen LogP contribution is 2.32. The minimum absolute atomic E-state index is 0.0841. The molecule has 108 valence electrons. The third-order valence-electron chi connectivity index (χ3n) is 2.94. The lowest BCUT2D eigenvalue weighted by atomic mass is 10.1. The van der Waals surface area contributed by atoms with E-state index in [-0.39, 0.29) is 25.5 Å². The maximum Gasteiger partial charge on any atom is 0.303 e. The first-order valence-electron chi connectivity index (χ1n) is 6.52. The number of carbonyl (C=O) groups excluding carboxylic acids is 1. The molecule has 0 fully saturated rings. The average Bonchev–Trinajstić information content (AvgIpc) is 2.85. The number of hydrogen-bond acceptors (Lipinski definition) is 4. The van der Waals surface area contributed by atoms with Crippen LogP contribution in [0.3, 0.4) is 0 Å². The van der Waals surface area contributed by atoms with E-state index in [1.807, 2.05) is 6.07 Å². The third-order valence-corrected chi connectivity index (χ3v) is 2.94. The molecule has 1 aliphatic rings. The predicted octanol–water partition coefficient (Wildman–Crippen LogP) is 1.33. The van der Waals surface area contributed by atoms with Gasteiger partial charge in [-0.2, -0.15) is 0 Å². The number of unbranched alkanes of at least 4 members (excludes halogenated alkanes) is 1. The standard InChI is InChI=1S/C14H17NO5/c16-13(15-6-2-1-3-14(17)18)8-10-4-5-11-12(7-10)20-9-19-11/h4-5,7H,1-3,6,8-9H2,(H,15,16)(H,17,18). The van der Waals surface area contributed by atoms with Gasteiger partial charge in [0.25, 0.3) is 0 Å². The zero-order valence-corrected chi connectivity index (χ0v) is 11.1. The van der Waals surface area contributed by atoms with Crippen LogP contribution >= 0.6 is 0 Å². The molecule has 0 unspecified atom stereocenters. The number of fused-ring (bicyclic) bond motifs is 1. The van der Waals surface area contributed by atoms with Crippen molar-refractivity contribution in [3.05, 3.63) is 23.8 Å². The topological polar surface area (TPSA) is 84.9 Å². The molecular formula is C14H17NO5. The molecular weight excluding hydrogens is 262 g/mol.